The average Bonchev–Trinajstić information content (AvgIpc) is 2.37. The minimum Gasteiger partial charge on any atom is -0.264 e. The Bertz CT molecular complexity index is 362. The summed E-state index contributed by atoms with van der Waals surface area (Å²) in [5.74, 6) is 1.58. The van der Waals surface area contributed by atoms with Gasteiger partial charge in [0, 0.05) is 12.4 Å². The first-order valence-corrected chi connectivity index (χ1v) is 8.20. The zero-order chi connectivity index (χ0) is 13.5. The van der Waals surface area contributed by atoms with Gasteiger partial charge in [0.15, 0.2) is 0 Å². The van der Waals surface area contributed by atoms with Crippen molar-refractivity contribution < 1.29 is 0 Å². The summed E-state index contributed by atoms with van der Waals surface area (Å²) >= 11 is 0. The van der Waals surface area contributed by atoms with Crippen LogP contribution in [0.1, 0.15) is 82.3 Å². The molecule has 1 aliphatic rings. The van der Waals surface area contributed by atoms with Crippen molar-refractivity contribution in [3.63, 3.8) is 0 Å². The van der Waals surface area contributed by atoms with Crippen LogP contribution < -0.4 is 0 Å². The molecule has 1 aromatic rings. The summed E-state index contributed by atoms with van der Waals surface area (Å²) in [5, 5.41) is 0. The van der Waals surface area contributed by atoms with Crippen molar-refractivity contribution in [1.82, 2.24) is 4.98 Å². The van der Waals surface area contributed by atoms with Crippen molar-refractivity contribution >= 4 is 0 Å². The van der Waals surface area contributed by atoms with Crippen molar-refractivity contribution in [1.29, 1.82) is 0 Å². The molecule has 0 aromatic carbocycles. The minimum absolute atomic E-state index is 0.621. The van der Waals surface area contributed by atoms with Crippen LogP contribution in [-0.4, -0.2) is 4.98 Å². The summed E-state index contributed by atoms with van der Waals surface area (Å²) in [6, 6.07) is 2.21. The first-order valence-electron chi connectivity index (χ1n) is 8.20. The minimum atomic E-state index is 0.621. The average molecular weight is 259 g/mol. The molecule has 0 aliphatic heterocycles. The first kappa shape index (κ1) is 14.6. The van der Waals surface area contributed by atoms with Crippen molar-refractivity contribution in [3.8, 4) is 0 Å². The topological polar surface area (TPSA) is 12.9 Å². The molecule has 0 saturated heterocycles. The zero-order valence-corrected chi connectivity index (χ0v) is 12.7. The molecule has 0 spiro atoms. The molecule has 1 aliphatic carbocycles. The van der Waals surface area contributed by atoms with Crippen molar-refractivity contribution in [2.24, 2.45) is 5.92 Å². The number of aromatic nitrogens is 1. The second-order valence-corrected chi connectivity index (χ2v) is 6.48. The van der Waals surface area contributed by atoms with Gasteiger partial charge in [0.25, 0.3) is 0 Å². The Morgan fingerprint density at radius 3 is 2.47 bits per heavy atom. The summed E-state index contributed by atoms with van der Waals surface area (Å²) in [7, 11) is 0. The number of hydrogen-bond donors (Lipinski definition) is 0. The predicted molar refractivity (Wildman–Crippen MR) is 82.5 cm³/mol. The highest BCUT2D eigenvalue weighted by atomic mass is 14.6. The largest absolute Gasteiger partial charge is 0.264 e. The third kappa shape index (κ3) is 4.63. The Kier molecular flexibility index (Phi) is 5.88. The molecule has 0 unspecified atom stereocenters. The first-order chi connectivity index (χ1) is 9.27. The third-order valence-corrected chi connectivity index (χ3v) is 4.61. The molecule has 0 radical (unpaired) electrons. The van der Waals surface area contributed by atoms with E-state index < -0.39 is 0 Å². The van der Waals surface area contributed by atoms with Gasteiger partial charge >= 0.3 is 0 Å². The molecule has 106 valence electrons. The smallest absolute Gasteiger partial charge is 0.0302 e. The van der Waals surface area contributed by atoms with Gasteiger partial charge in [0.1, 0.15) is 0 Å². The summed E-state index contributed by atoms with van der Waals surface area (Å²) in [4.78, 5) is 4.32. The van der Waals surface area contributed by atoms with E-state index >= 15 is 0 Å². The van der Waals surface area contributed by atoms with E-state index in [1.807, 2.05) is 6.20 Å². The van der Waals surface area contributed by atoms with Gasteiger partial charge in [0.2, 0.25) is 0 Å². The second-order valence-electron chi connectivity index (χ2n) is 6.48. The lowest BCUT2D eigenvalue weighted by molar-refractivity contribution is 0.358. The van der Waals surface area contributed by atoms with Gasteiger partial charge in [-0.1, -0.05) is 58.8 Å². The molecule has 19 heavy (non-hydrogen) atoms. The quantitative estimate of drug-likeness (QED) is 0.696. The maximum atomic E-state index is 4.32. The van der Waals surface area contributed by atoms with Gasteiger partial charge < -0.3 is 0 Å². The van der Waals surface area contributed by atoms with E-state index in [9.17, 15) is 0 Å². The third-order valence-electron chi connectivity index (χ3n) is 4.61. The molecule has 2 rings (SSSR count). The molecule has 1 nitrogen and oxygen atoms in total. The Morgan fingerprint density at radius 1 is 1.11 bits per heavy atom. The summed E-state index contributed by atoms with van der Waals surface area (Å²) < 4.78 is 0. The molecular formula is C18H29N. The second kappa shape index (κ2) is 7.67. The van der Waals surface area contributed by atoms with Gasteiger partial charge in [-0.15, -0.1) is 0 Å². The van der Waals surface area contributed by atoms with Crippen molar-refractivity contribution in [2.75, 3.05) is 0 Å². The fourth-order valence-corrected chi connectivity index (χ4v) is 3.40. The summed E-state index contributed by atoms with van der Waals surface area (Å²) in [6.45, 7) is 4.57. The van der Waals surface area contributed by atoms with Crippen LogP contribution >= 0.6 is 0 Å². The molecule has 1 fully saturated rings. The van der Waals surface area contributed by atoms with E-state index in [1.54, 1.807) is 0 Å². The maximum Gasteiger partial charge on any atom is 0.0302 e. The van der Waals surface area contributed by atoms with Crippen LogP contribution in [0.4, 0.5) is 0 Å². The van der Waals surface area contributed by atoms with Gasteiger partial charge in [-0.05, 0) is 41.9 Å². The number of rotatable bonds is 4. The lowest BCUT2D eigenvalue weighted by Gasteiger charge is -2.20. The fraction of sp³-hybridized carbons (Fsp3) is 0.722. The number of hydrogen-bond acceptors (Lipinski definition) is 1. The fourth-order valence-electron chi connectivity index (χ4n) is 3.40. The highest BCUT2D eigenvalue weighted by Gasteiger charge is 2.13. The molecule has 0 atom stereocenters. The van der Waals surface area contributed by atoms with Crippen molar-refractivity contribution in [3.05, 3.63) is 29.6 Å². The molecule has 0 amide bonds. The Balaban J connectivity index is 1.90. The highest BCUT2D eigenvalue weighted by Crippen LogP contribution is 2.27. The van der Waals surface area contributed by atoms with Crippen LogP contribution in [0.25, 0.3) is 0 Å². The van der Waals surface area contributed by atoms with Crippen LogP contribution in [0, 0.1) is 5.92 Å². The molecule has 1 heteroatoms. The molecular weight excluding hydrogens is 230 g/mol. The van der Waals surface area contributed by atoms with Crippen LogP contribution in [0.15, 0.2) is 18.5 Å². The molecule has 0 N–H and O–H groups in total. The lowest BCUT2D eigenvalue weighted by Crippen LogP contribution is -2.07. The zero-order valence-electron chi connectivity index (χ0n) is 12.7. The van der Waals surface area contributed by atoms with E-state index in [-0.39, 0.29) is 0 Å². The van der Waals surface area contributed by atoms with Crippen LogP contribution in [-0.2, 0) is 6.42 Å². The van der Waals surface area contributed by atoms with Crippen LogP contribution in [0.3, 0.4) is 0 Å². The molecule has 1 aromatic heterocycles. The Hall–Kier alpha value is -0.850. The summed E-state index contributed by atoms with van der Waals surface area (Å²) in [6.07, 6.45) is 16.8. The Labute approximate surface area is 118 Å². The van der Waals surface area contributed by atoms with E-state index in [2.05, 4.69) is 31.1 Å². The molecule has 1 heterocycles. The van der Waals surface area contributed by atoms with E-state index in [0.29, 0.717) is 5.92 Å². The lowest BCUT2D eigenvalue weighted by atomic mass is 9.86. The number of aryl methyl sites for hydroxylation is 1. The van der Waals surface area contributed by atoms with E-state index in [4.69, 9.17) is 0 Å². The monoisotopic (exact) mass is 259 g/mol. The summed E-state index contributed by atoms with van der Waals surface area (Å²) in [5.41, 5.74) is 2.99. The van der Waals surface area contributed by atoms with Gasteiger partial charge in [0.05, 0.1) is 0 Å². The molecule has 0 bridgehead atoms. The highest BCUT2D eigenvalue weighted by molar-refractivity contribution is 5.26. The van der Waals surface area contributed by atoms with Gasteiger partial charge in [-0.25, -0.2) is 0 Å². The van der Waals surface area contributed by atoms with E-state index in [0.717, 1.165) is 5.92 Å². The van der Waals surface area contributed by atoms with E-state index in [1.165, 1.54) is 68.9 Å². The predicted octanol–water partition coefficient (Wildman–Crippen LogP) is 5.50. The van der Waals surface area contributed by atoms with Crippen LogP contribution in [0.2, 0.25) is 0 Å². The van der Waals surface area contributed by atoms with Crippen molar-refractivity contribution in [2.45, 2.75) is 77.6 Å². The molecule has 1 saturated carbocycles. The number of pyridine rings is 1. The van der Waals surface area contributed by atoms with Gasteiger partial charge in [-0.2, -0.15) is 0 Å². The maximum absolute atomic E-state index is 4.32. The SMILES string of the molecule is CC(C)c1ccncc1CCC1CCCCCCC1. The Morgan fingerprint density at radius 2 is 1.79 bits per heavy atom. The van der Waals surface area contributed by atoms with Gasteiger partial charge in [-0.3, -0.25) is 4.98 Å². The normalized spacial score (nSPS) is 18.3. The van der Waals surface area contributed by atoms with Crippen LogP contribution in [0.5, 0.6) is 0 Å². The standard InChI is InChI=1S/C18H29N/c1-15(2)18-12-13-19-14-17(18)11-10-16-8-6-4-3-5-7-9-16/h12-16H,3-11H2,1-2H3. The number of nitrogens with zero attached hydrogens (tertiary/aromatic N) is 1.